The molecule has 8 nitrogen and oxygen atoms in total. The van der Waals surface area contributed by atoms with Crippen LogP contribution in [0.4, 0.5) is 4.79 Å². The summed E-state index contributed by atoms with van der Waals surface area (Å²) in [5, 5.41) is 3.66. The van der Waals surface area contributed by atoms with Crippen LogP contribution in [0.1, 0.15) is 5.56 Å². The molecule has 0 spiro atoms. The second kappa shape index (κ2) is 5.08. The van der Waals surface area contributed by atoms with Gasteiger partial charge in [0.25, 0.3) is 17.4 Å². The third kappa shape index (κ3) is 2.25. The highest BCUT2D eigenvalue weighted by atomic mass is 35.5. The van der Waals surface area contributed by atoms with E-state index in [2.05, 4.69) is 4.98 Å². The summed E-state index contributed by atoms with van der Waals surface area (Å²) in [4.78, 5) is 50.7. The molecule has 0 aliphatic carbocycles. The lowest BCUT2D eigenvalue weighted by atomic mass is 10.1. The Labute approximate surface area is 127 Å². The van der Waals surface area contributed by atoms with Crippen molar-refractivity contribution in [3.8, 4) is 0 Å². The van der Waals surface area contributed by atoms with E-state index in [4.69, 9.17) is 11.6 Å². The molecule has 2 aromatic rings. The first kappa shape index (κ1) is 14.0. The van der Waals surface area contributed by atoms with Gasteiger partial charge in [-0.25, -0.2) is 9.78 Å². The van der Waals surface area contributed by atoms with Crippen molar-refractivity contribution >= 4 is 41.2 Å². The van der Waals surface area contributed by atoms with Crippen molar-refractivity contribution in [3.63, 3.8) is 0 Å². The van der Waals surface area contributed by atoms with E-state index in [0.29, 0.717) is 5.65 Å². The lowest BCUT2D eigenvalue weighted by Gasteiger charge is -2.14. The largest absolute Gasteiger partial charge is 0.328 e. The summed E-state index contributed by atoms with van der Waals surface area (Å²) in [6.45, 7) is 0. The van der Waals surface area contributed by atoms with Crippen molar-refractivity contribution in [1.29, 1.82) is 0 Å². The maximum absolute atomic E-state index is 12.4. The molecular formula is C13H7ClN4O4. The van der Waals surface area contributed by atoms with E-state index in [1.54, 1.807) is 18.2 Å². The van der Waals surface area contributed by atoms with Crippen LogP contribution in [-0.2, 0) is 9.59 Å². The summed E-state index contributed by atoms with van der Waals surface area (Å²) < 4.78 is 1.22. The maximum Gasteiger partial charge on any atom is 0.328 e. The number of urea groups is 1. The first-order valence-electron chi connectivity index (χ1n) is 6.02. The molecule has 0 aromatic carbocycles. The molecule has 4 amide bonds. The highest BCUT2D eigenvalue weighted by Crippen LogP contribution is 2.15. The standard InChI is InChI=1S/C13H7ClN4O4/c14-9-6(5-7-10(19)16-13(22)17-11(7)20)12(21)18-4-2-1-3-8(18)15-9/h1-5H,(H2,16,17,19,20,22). The van der Waals surface area contributed by atoms with Gasteiger partial charge in [-0.15, -0.1) is 0 Å². The molecular weight excluding hydrogens is 312 g/mol. The molecule has 2 aromatic heterocycles. The molecule has 1 fully saturated rings. The van der Waals surface area contributed by atoms with E-state index in [1.165, 1.54) is 10.6 Å². The lowest BCUT2D eigenvalue weighted by Crippen LogP contribution is -2.51. The summed E-state index contributed by atoms with van der Waals surface area (Å²) in [5.41, 5.74) is -0.746. The van der Waals surface area contributed by atoms with Gasteiger partial charge in [-0.2, -0.15) is 0 Å². The number of nitrogens with zero attached hydrogens (tertiary/aromatic N) is 2. The SMILES string of the molecule is O=C1NC(=O)C(=Cc2c(Cl)nc3ccccn3c2=O)C(=O)N1. The van der Waals surface area contributed by atoms with Crippen molar-refractivity contribution in [2.45, 2.75) is 0 Å². The quantitative estimate of drug-likeness (QED) is 0.440. The highest BCUT2D eigenvalue weighted by molar-refractivity contribution is 6.33. The summed E-state index contributed by atoms with van der Waals surface area (Å²) >= 11 is 5.95. The fourth-order valence-electron chi connectivity index (χ4n) is 1.95. The molecule has 3 rings (SSSR count). The number of rotatable bonds is 1. The zero-order valence-corrected chi connectivity index (χ0v) is 11.5. The van der Waals surface area contributed by atoms with Crippen LogP contribution in [0.25, 0.3) is 11.7 Å². The van der Waals surface area contributed by atoms with Crippen LogP contribution in [0, 0.1) is 0 Å². The van der Waals surface area contributed by atoms with Gasteiger partial charge in [-0.05, 0) is 18.2 Å². The predicted molar refractivity (Wildman–Crippen MR) is 76.1 cm³/mol. The monoisotopic (exact) mass is 318 g/mol. The Morgan fingerprint density at radius 3 is 2.45 bits per heavy atom. The van der Waals surface area contributed by atoms with Gasteiger partial charge in [0.2, 0.25) is 0 Å². The third-order valence-electron chi connectivity index (χ3n) is 2.95. The van der Waals surface area contributed by atoms with Crippen molar-refractivity contribution in [2.75, 3.05) is 0 Å². The number of imide groups is 2. The van der Waals surface area contributed by atoms with E-state index in [1.807, 2.05) is 10.6 Å². The first-order valence-corrected chi connectivity index (χ1v) is 6.40. The van der Waals surface area contributed by atoms with Crippen LogP contribution >= 0.6 is 11.6 Å². The van der Waals surface area contributed by atoms with E-state index < -0.39 is 29.0 Å². The van der Waals surface area contributed by atoms with Crippen molar-refractivity contribution in [1.82, 2.24) is 20.0 Å². The normalized spacial score (nSPS) is 14.8. The Bertz CT molecular complexity index is 909. The van der Waals surface area contributed by atoms with Crippen LogP contribution in [0.3, 0.4) is 0 Å². The number of hydrogen-bond donors (Lipinski definition) is 2. The average Bonchev–Trinajstić information content (AvgIpc) is 2.45. The molecule has 0 bridgehead atoms. The van der Waals surface area contributed by atoms with E-state index in [-0.39, 0.29) is 10.7 Å². The molecule has 2 N–H and O–H groups in total. The molecule has 0 saturated carbocycles. The Balaban J connectivity index is 2.21. The Morgan fingerprint density at radius 1 is 1.09 bits per heavy atom. The van der Waals surface area contributed by atoms with Crippen molar-refractivity contribution in [3.05, 3.63) is 51.0 Å². The lowest BCUT2D eigenvalue weighted by molar-refractivity contribution is -0.123. The molecule has 110 valence electrons. The van der Waals surface area contributed by atoms with E-state index >= 15 is 0 Å². The predicted octanol–water partition coefficient (Wildman–Crippen LogP) is 0.0973. The van der Waals surface area contributed by atoms with E-state index in [9.17, 15) is 19.2 Å². The number of nitrogens with one attached hydrogen (secondary N) is 2. The Hall–Kier alpha value is -3.00. The summed E-state index contributed by atoms with van der Waals surface area (Å²) in [5.74, 6) is -1.83. The number of amides is 4. The van der Waals surface area contributed by atoms with Gasteiger partial charge in [-0.1, -0.05) is 17.7 Å². The van der Waals surface area contributed by atoms with Gasteiger partial charge < -0.3 is 0 Å². The van der Waals surface area contributed by atoms with Crippen molar-refractivity contribution < 1.29 is 14.4 Å². The number of aromatic nitrogens is 2. The Morgan fingerprint density at radius 2 is 1.77 bits per heavy atom. The number of carbonyl (C=O) groups excluding carboxylic acids is 3. The number of barbiturate groups is 1. The van der Waals surface area contributed by atoms with Gasteiger partial charge in [-0.3, -0.25) is 29.4 Å². The Kier molecular flexibility index (Phi) is 3.22. The summed E-state index contributed by atoms with van der Waals surface area (Å²) in [6, 6.07) is 3.97. The minimum atomic E-state index is -0.924. The summed E-state index contributed by atoms with van der Waals surface area (Å²) in [7, 11) is 0. The highest BCUT2D eigenvalue weighted by Gasteiger charge is 2.28. The van der Waals surface area contributed by atoms with Crippen LogP contribution in [-0.4, -0.2) is 27.2 Å². The molecule has 0 radical (unpaired) electrons. The number of pyridine rings is 1. The second-order valence-electron chi connectivity index (χ2n) is 4.35. The fraction of sp³-hybridized carbons (Fsp3) is 0. The van der Waals surface area contributed by atoms with Crippen LogP contribution in [0.2, 0.25) is 5.15 Å². The topological polar surface area (TPSA) is 110 Å². The van der Waals surface area contributed by atoms with Gasteiger partial charge in [0.1, 0.15) is 16.4 Å². The zero-order chi connectivity index (χ0) is 15.9. The van der Waals surface area contributed by atoms with E-state index in [0.717, 1.165) is 6.08 Å². The molecule has 1 aliphatic heterocycles. The molecule has 0 atom stereocenters. The van der Waals surface area contributed by atoms with Crippen LogP contribution in [0.15, 0.2) is 34.8 Å². The molecule has 9 heteroatoms. The molecule has 1 saturated heterocycles. The van der Waals surface area contributed by atoms with Gasteiger partial charge >= 0.3 is 6.03 Å². The second-order valence-corrected chi connectivity index (χ2v) is 4.70. The zero-order valence-electron chi connectivity index (χ0n) is 10.8. The number of fused-ring (bicyclic) bond motifs is 1. The molecule has 0 unspecified atom stereocenters. The van der Waals surface area contributed by atoms with Crippen molar-refractivity contribution in [2.24, 2.45) is 0 Å². The third-order valence-corrected chi connectivity index (χ3v) is 3.24. The maximum atomic E-state index is 12.4. The minimum absolute atomic E-state index is 0.125. The number of carbonyl (C=O) groups is 3. The minimum Gasteiger partial charge on any atom is -0.273 e. The number of hydrogen-bond acceptors (Lipinski definition) is 5. The molecule has 1 aliphatic rings. The average molecular weight is 319 g/mol. The van der Waals surface area contributed by atoms with Crippen LogP contribution in [0.5, 0.6) is 0 Å². The molecule has 22 heavy (non-hydrogen) atoms. The first-order chi connectivity index (χ1) is 10.5. The van der Waals surface area contributed by atoms with Crippen LogP contribution < -0.4 is 16.2 Å². The summed E-state index contributed by atoms with van der Waals surface area (Å²) in [6.07, 6.45) is 2.49. The van der Waals surface area contributed by atoms with Gasteiger partial charge in [0.15, 0.2) is 0 Å². The van der Waals surface area contributed by atoms with Gasteiger partial charge in [0, 0.05) is 6.20 Å². The fourth-order valence-corrected chi connectivity index (χ4v) is 2.17. The number of halogens is 1. The smallest absolute Gasteiger partial charge is 0.273 e. The van der Waals surface area contributed by atoms with Gasteiger partial charge in [0.05, 0.1) is 5.56 Å². The molecule has 3 heterocycles.